The Morgan fingerprint density at radius 1 is 1.04 bits per heavy atom. The molecule has 1 saturated heterocycles. The van der Waals surface area contributed by atoms with Gasteiger partial charge in [-0.3, -0.25) is 14.5 Å². The molecule has 252 valence electrons. The Kier molecular flexibility index (Phi) is 8.05. The fraction of sp³-hybridized carbons (Fsp3) is 0.474. The number of benzene rings is 2. The van der Waals surface area contributed by atoms with E-state index < -0.39 is 11.2 Å². The highest BCUT2D eigenvalue weighted by Crippen LogP contribution is 2.50. The topological polar surface area (TPSA) is 95.4 Å². The van der Waals surface area contributed by atoms with Crippen LogP contribution in [0.25, 0.3) is 22.3 Å². The van der Waals surface area contributed by atoms with Crippen molar-refractivity contribution in [3.05, 3.63) is 65.7 Å². The summed E-state index contributed by atoms with van der Waals surface area (Å²) in [6.07, 6.45) is 7.50. The predicted molar refractivity (Wildman–Crippen MR) is 188 cm³/mol. The SMILES string of the molecule is CCNC(=O)c1ccc(F)c(Nc2nc(-c3ccc4c(c3)N([C@H]3C[C@@](C)(N5CCCCC5)C3)C(=O)C4(C)C)cc3ncn(C(C)C)c23)c1. The summed E-state index contributed by atoms with van der Waals surface area (Å²) in [5.74, 6) is -0.192. The largest absolute Gasteiger partial charge is 0.352 e. The quantitative estimate of drug-likeness (QED) is 0.207. The van der Waals surface area contributed by atoms with E-state index in [1.807, 2.05) is 37.5 Å². The van der Waals surface area contributed by atoms with Gasteiger partial charge < -0.3 is 20.1 Å². The highest BCUT2D eigenvalue weighted by Gasteiger charge is 2.54. The average Bonchev–Trinajstić information content (AvgIpc) is 3.57. The van der Waals surface area contributed by atoms with Crippen LogP contribution < -0.4 is 15.5 Å². The highest BCUT2D eigenvalue weighted by atomic mass is 19.1. The number of nitrogens with one attached hydrogen (secondary N) is 2. The maximum Gasteiger partial charge on any atom is 0.251 e. The number of hydrogen-bond donors (Lipinski definition) is 2. The van der Waals surface area contributed by atoms with Crippen molar-refractivity contribution in [2.75, 3.05) is 29.9 Å². The first-order valence-electron chi connectivity index (χ1n) is 17.4. The van der Waals surface area contributed by atoms with Crippen LogP contribution in [-0.2, 0) is 10.2 Å². The molecular formula is C38H46FN7O2. The molecule has 1 saturated carbocycles. The van der Waals surface area contributed by atoms with E-state index in [1.54, 1.807) is 6.33 Å². The van der Waals surface area contributed by atoms with Crippen molar-refractivity contribution in [1.82, 2.24) is 24.8 Å². The van der Waals surface area contributed by atoms with Crippen LogP contribution >= 0.6 is 0 Å². The molecule has 0 unspecified atom stereocenters. The summed E-state index contributed by atoms with van der Waals surface area (Å²) in [5, 5.41) is 5.98. The number of halogens is 1. The second-order valence-corrected chi connectivity index (χ2v) is 14.8. The summed E-state index contributed by atoms with van der Waals surface area (Å²) in [6.45, 7) is 15.1. The Bertz CT molecular complexity index is 1900. The van der Waals surface area contributed by atoms with Crippen LogP contribution in [0.4, 0.5) is 21.6 Å². The molecular weight excluding hydrogens is 605 g/mol. The molecule has 2 aliphatic heterocycles. The molecule has 0 bridgehead atoms. The summed E-state index contributed by atoms with van der Waals surface area (Å²) < 4.78 is 17.2. The molecule has 9 nitrogen and oxygen atoms in total. The third kappa shape index (κ3) is 5.34. The van der Waals surface area contributed by atoms with E-state index >= 15 is 4.39 Å². The standard InChI is InChI=1S/C38H46FN7O2/c1-7-40-35(47)25-12-14-28(39)30(17-25)43-34-33-31(41-22-45(33)23(2)3)19-29(42-34)24-11-13-27-32(18-24)46(36(48)37(27,4)5)26-20-38(6,21-26)44-15-9-8-10-16-44/h11-14,17-19,22-23,26H,7-10,15-16,20-21H2,1-6H3,(H,40,47)(H,42,43)/t26-,38+. The molecule has 0 spiro atoms. The molecule has 7 rings (SSSR count). The van der Waals surface area contributed by atoms with Gasteiger partial charge in [-0.25, -0.2) is 14.4 Å². The molecule has 3 aliphatic rings. The summed E-state index contributed by atoms with van der Waals surface area (Å²) in [6, 6.07) is 12.6. The minimum Gasteiger partial charge on any atom is -0.352 e. The van der Waals surface area contributed by atoms with Crippen molar-refractivity contribution in [1.29, 1.82) is 0 Å². The first kappa shape index (κ1) is 32.2. The van der Waals surface area contributed by atoms with Crippen molar-refractivity contribution in [2.45, 2.75) is 96.7 Å². The minimum absolute atomic E-state index is 0.0783. The number of likely N-dealkylation sites (tertiary alicyclic amines) is 1. The second kappa shape index (κ2) is 12.0. The Morgan fingerprint density at radius 3 is 2.50 bits per heavy atom. The summed E-state index contributed by atoms with van der Waals surface area (Å²) >= 11 is 0. The normalized spacial score (nSPS) is 22.2. The maximum atomic E-state index is 15.2. The van der Waals surface area contributed by atoms with Crippen molar-refractivity contribution in [2.24, 2.45) is 0 Å². The van der Waals surface area contributed by atoms with E-state index in [9.17, 15) is 9.59 Å². The van der Waals surface area contributed by atoms with Gasteiger partial charge in [0.15, 0.2) is 5.82 Å². The van der Waals surface area contributed by atoms with E-state index in [-0.39, 0.29) is 35.1 Å². The first-order valence-corrected chi connectivity index (χ1v) is 17.4. The van der Waals surface area contributed by atoms with Gasteiger partial charge in [-0.05, 0) is 116 Å². The summed E-state index contributed by atoms with van der Waals surface area (Å²) in [4.78, 5) is 41.0. The number of anilines is 3. The lowest BCUT2D eigenvalue weighted by atomic mass is 9.71. The van der Waals surface area contributed by atoms with Gasteiger partial charge in [0.05, 0.1) is 28.6 Å². The lowest BCUT2D eigenvalue weighted by Crippen LogP contribution is -2.64. The lowest BCUT2D eigenvalue weighted by Gasteiger charge is -2.55. The van der Waals surface area contributed by atoms with Crippen LogP contribution in [0.2, 0.25) is 0 Å². The van der Waals surface area contributed by atoms with Gasteiger partial charge in [-0.2, -0.15) is 0 Å². The van der Waals surface area contributed by atoms with Gasteiger partial charge in [-0.1, -0.05) is 18.6 Å². The van der Waals surface area contributed by atoms with Crippen LogP contribution in [0.1, 0.15) is 95.6 Å². The molecule has 2 aromatic carbocycles. The zero-order valence-corrected chi connectivity index (χ0v) is 28.9. The zero-order valence-electron chi connectivity index (χ0n) is 28.9. The molecule has 10 heteroatoms. The molecule has 0 atom stereocenters. The number of hydrogen-bond acceptors (Lipinski definition) is 6. The van der Waals surface area contributed by atoms with Gasteiger partial charge in [0.2, 0.25) is 5.91 Å². The van der Waals surface area contributed by atoms with Crippen LogP contribution in [-0.4, -0.2) is 62.5 Å². The second-order valence-electron chi connectivity index (χ2n) is 14.8. The minimum atomic E-state index is -0.627. The number of imidazole rings is 1. The van der Waals surface area contributed by atoms with E-state index in [2.05, 4.69) is 53.3 Å². The third-order valence-electron chi connectivity index (χ3n) is 10.7. The average molecular weight is 652 g/mol. The number of amides is 2. The predicted octanol–water partition coefficient (Wildman–Crippen LogP) is 7.34. The first-order chi connectivity index (χ1) is 22.9. The van der Waals surface area contributed by atoms with Crippen LogP contribution in [0.15, 0.2) is 48.8 Å². The fourth-order valence-electron chi connectivity index (χ4n) is 7.98. The molecule has 0 radical (unpaired) electrons. The van der Waals surface area contributed by atoms with Gasteiger partial charge in [0.1, 0.15) is 11.3 Å². The summed E-state index contributed by atoms with van der Waals surface area (Å²) in [5.41, 5.74) is 4.92. The van der Waals surface area contributed by atoms with E-state index in [1.165, 1.54) is 37.5 Å². The Hall–Kier alpha value is -4.31. The van der Waals surface area contributed by atoms with Gasteiger partial charge in [-0.15, -0.1) is 0 Å². The monoisotopic (exact) mass is 651 g/mol. The number of fused-ring (bicyclic) bond motifs is 2. The molecule has 2 N–H and O–H groups in total. The highest BCUT2D eigenvalue weighted by molar-refractivity contribution is 6.09. The fourth-order valence-corrected chi connectivity index (χ4v) is 7.98. The third-order valence-corrected chi connectivity index (χ3v) is 10.7. The molecule has 48 heavy (non-hydrogen) atoms. The van der Waals surface area contributed by atoms with E-state index in [0.29, 0.717) is 29.1 Å². The van der Waals surface area contributed by atoms with Gasteiger partial charge >= 0.3 is 0 Å². The van der Waals surface area contributed by atoms with Crippen molar-refractivity contribution in [3.8, 4) is 11.3 Å². The number of aromatic nitrogens is 3. The molecule has 4 heterocycles. The maximum absolute atomic E-state index is 15.2. The van der Waals surface area contributed by atoms with Gasteiger partial charge in [0.25, 0.3) is 5.91 Å². The smallest absolute Gasteiger partial charge is 0.251 e. The summed E-state index contributed by atoms with van der Waals surface area (Å²) in [7, 11) is 0. The van der Waals surface area contributed by atoms with Crippen molar-refractivity contribution < 1.29 is 14.0 Å². The van der Waals surface area contributed by atoms with E-state index in [4.69, 9.17) is 9.97 Å². The van der Waals surface area contributed by atoms with E-state index in [0.717, 1.165) is 48.3 Å². The lowest BCUT2D eigenvalue weighted by molar-refractivity contribution is -0.123. The Morgan fingerprint density at radius 2 is 1.79 bits per heavy atom. The van der Waals surface area contributed by atoms with Crippen molar-refractivity contribution >= 4 is 40.0 Å². The molecule has 2 aromatic heterocycles. The molecule has 2 fully saturated rings. The molecule has 4 aromatic rings. The van der Waals surface area contributed by atoms with Crippen LogP contribution in [0.5, 0.6) is 0 Å². The zero-order chi connectivity index (χ0) is 34.0. The van der Waals surface area contributed by atoms with Gasteiger partial charge in [0, 0.05) is 41.0 Å². The number of carbonyl (C=O) groups is 2. The number of nitrogens with zero attached hydrogens (tertiary/aromatic N) is 5. The number of pyridine rings is 1. The number of piperidine rings is 1. The Labute approximate surface area is 281 Å². The van der Waals surface area contributed by atoms with Crippen molar-refractivity contribution in [3.63, 3.8) is 0 Å². The van der Waals surface area contributed by atoms with Crippen LogP contribution in [0.3, 0.4) is 0 Å². The molecule has 2 amide bonds. The number of rotatable bonds is 8. The number of carbonyl (C=O) groups excluding carboxylic acids is 2. The van der Waals surface area contributed by atoms with Crippen LogP contribution in [0, 0.1) is 5.82 Å². The Balaban J connectivity index is 1.27. The molecule has 1 aliphatic carbocycles.